The zero-order chi connectivity index (χ0) is 22.9. The van der Waals surface area contributed by atoms with Crippen LogP contribution in [0.15, 0.2) is 48.5 Å². The van der Waals surface area contributed by atoms with E-state index < -0.39 is 0 Å². The van der Waals surface area contributed by atoms with Crippen LogP contribution >= 0.6 is 11.6 Å². The first-order valence-corrected chi connectivity index (χ1v) is 12.8. The molecule has 2 fully saturated rings. The number of likely N-dealkylation sites (tertiary alicyclic amines) is 2. The molecule has 2 aliphatic heterocycles. The minimum absolute atomic E-state index is 0.0726. The highest BCUT2D eigenvalue weighted by molar-refractivity contribution is 6.32. The van der Waals surface area contributed by atoms with E-state index in [-0.39, 0.29) is 12.0 Å². The molecule has 2 aliphatic rings. The van der Waals surface area contributed by atoms with E-state index in [1.165, 1.54) is 31.5 Å². The Bertz CT molecular complexity index is 878. The average Bonchev–Trinajstić information content (AvgIpc) is 3.37. The maximum Gasteiger partial charge on any atom is 0.251 e. The summed E-state index contributed by atoms with van der Waals surface area (Å²) in [5, 5.41) is 3.51. The van der Waals surface area contributed by atoms with Gasteiger partial charge in [-0.3, -0.25) is 4.79 Å². The summed E-state index contributed by atoms with van der Waals surface area (Å²) in [5.74, 6) is 0.599. The van der Waals surface area contributed by atoms with E-state index in [0.29, 0.717) is 22.9 Å². The lowest BCUT2D eigenvalue weighted by Gasteiger charge is -2.32. The Labute approximate surface area is 203 Å². The molecule has 0 atom stereocenters. The standard InChI is InChI=1S/C27H36ClN3O2/c28-25-21-23(27(32)29-14-6-17-30-15-4-5-16-30)9-10-26(25)33-24-12-19-31(20-13-24)18-11-22-7-2-1-3-8-22/h1-3,7-10,21,24H,4-6,11-20H2,(H,29,32). The summed E-state index contributed by atoms with van der Waals surface area (Å²) in [7, 11) is 0. The number of carbonyl (C=O) groups is 1. The van der Waals surface area contributed by atoms with Gasteiger partial charge in [0.05, 0.1) is 5.02 Å². The lowest BCUT2D eigenvalue weighted by molar-refractivity contribution is 0.0951. The molecule has 6 heteroatoms. The van der Waals surface area contributed by atoms with Crippen LogP contribution in [-0.2, 0) is 6.42 Å². The number of nitrogens with one attached hydrogen (secondary N) is 1. The van der Waals surface area contributed by atoms with Crippen LogP contribution in [0.5, 0.6) is 5.75 Å². The fourth-order valence-corrected chi connectivity index (χ4v) is 4.94. The molecule has 0 bridgehead atoms. The van der Waals surface area contributed by atoms with Crippen molar-refractivity contribution in [1.82, 2.24) is 15.1 Å². The van der Waals surface area contributed by atoms with Crippen LogP contribution in [0.4, 0.5) is 0 Å². The number of hydrogen-bond donors (Lipinski definition) is 1. The van der Waals surface area contributed by atoms with Crippen molar-refractivity contribution in [2.24, 2.45) is 0 Å². The van der Waals surface area contributed by atoms with Gasteiger partial charge in [0.2, 0.25) is 0 Å². The van der Waals surface area contributed by atoms with E-state index in [4.69, 9.17) is 16.3 Å². The summed E-state index contributed by atoms with van der Waals surface area (Å²) >= 11 is 6.46. The number of carbonyl (C=O) groups excluding carboxylic acids is 1. The van der Waals surface area contributed by atoms with Crippen LogP contribution in [-0.4, -0.2) is 67.6 Å². The van der Waals surface area contributed by atoms with Gasteiger partial charge in [-0.1, -0.05) is 41.9 Å². The van der Waals surface area contributed by atoms with Crippen molar-refractivity contribution in [2.75, 3.05) is 45.8 Å². The third-order valence-electron chi connectivity index (χ3n) is 6.72. The fourth-order valence-electron chi connectivity index (χ4n) is 4.71. The fraction of sp³-hybridized carbons (Fsp3) is 0.519. The van der Waals surface area contributed by atoms with Crippen LogP contribution in [0.1, 0.15) is 48.0 Å². The number of benzene rings is 2. The number of ether oxygens (including phenoxy) is 1. The van der Waals surface area contributed by atoms with Crippen molar-refractivity contribution in [3.63, 3.8) is 0 Å². The molecule has 0 unspecified atom stereocenters. The van der Waals surface area contributed by atoms with Gasteiger partial charge in [-0.2, -0.15) is 0 Å². The highest BCUT2D eigenvalue weighted by Crippen LogP contribution is 2.28. The molecule has 0 aliphatic carbocycles. The predicted octanol–water partition coefficient (Wildman–Crippen LogP) is 4.64. The van der Waals surface area contributed by atoms with E-state index in [2.05, 4.69) is 45.4 Å². The Balaban J connectivity index is 1.17. The Morgan fingerprint density at radius 3 is 2.42 bits per heavy atom. The molecule has 2 heterocycles. The van der Waals surface area contributed by atoms with Gasteiger partial charge in [0.1, 0.15) is 11.9 Å². The van der Waals surface area contributed by atoms with Crippen molar-refractivity contribution in [3.05, 3.63) is 64.7 Å². The molecule has 2 aromatic rings. The van der Waals surface area contributed by atoms with Gasteiger partial charge in [0.15, 0.2) is 0 Å². The highest BCUT2D eigenvalue weighted by Gasteiger charge is 2.21. The van der Waals surface area contributed by atoms with Crippen LogP contribution < -0.4 is 10.1 Å². The van der Waals surface area contributed by atoms with Crippen molar-refractivity contribution in [1.29, 1.82) is 0 Å². The second-order valence-electron chi connectivity index (χ2n) is 9.20. The average molecular weight is 470 g/mol. The molecule has 5 nitrogen and oxygen atoms in total. The minimum Gasteiger partial charge on any atom is -0.489 e. The molecule has 4 rings (SSSR count). The first kappa shape index (κ1) is 24.1. The number of rotatable bonds is 10. The van der Waals surface area contributed by atoms with Gasteiger partial charge in [-0.05, 0) is 81.9 Å². The molecule has 0 saturated carbocycles. The SMILES string of the molecule is O=C(NCCCN1CCCC1)c1ccc(OC2CCN(CCc3ccccc3)CC2)c(Cl)c1. The molecule has 2 aromatic carbocycles. The molecule has 0 radical (unpaired) electrons. The van der Waals surface area contributed by atoms with Gasteiger partial charge < -0.3 is 19.9 Å². The number of nitrogens with zero attached hydrogens (tertiary/aromatic N) is 2. The summed E-state index contributed by atoms with van der Waals surface area (Å²) in [4.78, 5) is 17.4. The zero-order valence-electron chi connectivity index (χ0n) is 19.5. The van der Waals surface area contributed by atoms with Crippen LogP contribution in [0.3, 0.4) is 0 Å². The molecule has 178 valence electrons. The zero-order valence-corrected chi connectivity index (χ0v) is 20.2. The monoisotopic (exact) mass is 469 g/mol. The lowest BCUT2D eigenvalue weighted by atomic mass is 10.1. The first-order valence-electron chi connectivity index (χ1n) is 12.4. The van der Waals surface area contributed by atoms with Crippen molar-refractivity contribution < 1.29 is 9.53 Å². The maximum absolute atomic E-state index is 12.5. The summed E-state index contributed by atoms with van der Waals surface area (Å²) in [6.07, 6.45) is 6.80. The van der Waals surface area contributed by atoms with Gasteiger partial charge in [-0.15, -0.1) is 0 Å². The third kappa shape index (κ3) is 7.46. The van der Waals surface area contributed by atoms with Crippen molar-refractivity contribution in [3.8, 4) is 5.75 Å². The summed E-state index contributed by atoms with van der Waals surface area (Å²) in [6.45, 7) is 7.28. The highest BCUT2D eigenvalue weighted by atomic mass is 35.5. The van der Waals surface area contributed by atoms with Crippen LogP contribution in [0, 0.1) is 0 Å². The molecule has 33 heavy (non-hydrogen) atoms. The molecule has 1 N–H and O–H groups in total. The molecular weight excluding hydrogens is 434 g/mol. The second kappa shape index (κ2) is 12.4. The molecule has 0 spiro atoms. The number of piperidine rings is 1. The van der Waals surface area contributed by atoms with Gasteiger partial charge in [0.25, 0.3) is 5.91 Å². The van der Waals surface area contributed by atoms with E-state index in [1.807, 2.05) is 12.1 Å². The second-order valence-corrected chi connectivity index (χ2v) is 9.61. The van der Waals surface area contributed by atoms with Gasteiger partial charge in [-0.25, -0.2) is 0 Å². The largest absolute Gasteiger partial charge is 0.489 e. The van der Waals surface area contributed by atoms with E-state index in [0.717, 1.165) is 51.9 Å². The van der Waals surface area contributed by atoms with Crippen molar-refractivity contribution in [2.45, 2.75) is 44.6 Å². The van der Waals surface area contributed by atoms with E-state index >= 15 is 0 Å². The first-order chi connectivity index (χ1) is 16.2. The Morgan fingerprint density at radius 1 is 0.970 bits per heavy atom. The topological polar surface area (TPSA) is 44.8 Å². The van der Waals surface area contributed by atoms with E-state index in [9.17, 15) is 4.79 Å². The molecule has 2 saturated heterocycles. The summed E-state index contributed by atoms with van der Waals surface area (Å²) in [5.41, 5.74) is 1.97. The third-order valence-corrected chi connectivity index (χ3v) is 7.01. The Morgan fingerprint density at radius 2 is 1.70 bits per heavy atom. The maximum atomic E-state index is 12.5. The van der Waals surface area contributed by atoms with Crippen LogP contribution in [0.2, 0.25) is 5.02 Å². The Kier molecular flexibility index (Phi) is 9.04. The van der Waals surface area contributed by atoms with Gasteiger partial charge >= 0.3 is 0 Å². The molecule has 1 amide bonds. The molecular formula is C27H36ClN3O2. The minimum atomic E-state index is -0.0726. The van der Waals surface area contributed by atoms with Crippen LogP contribution in [0.25, 0.3) is 0 Å². The number of hydrogen-bond acceptors (Lipinski definition) is 4. The quantitative estimate of drug-likeness (QED) is 0.515. The number of halogens is 1. The summed E-state index contributed by atoms with van der Waals surface area (Å²) < 4.78 is 6.19. The molecule has 0 aromatic heterocycles. The van der Waals surface area contributed by atoms with Crippen molar-refractivity contribution >= 4 is 17.5 Å². The smallest absolute Gasteiger partial charge is 0.251 e. The predicted molar refractivity (Wildman–Crippen MR) is 134 cm³/mol. The normalized spacial score (nSPS) is 17.8. The summed E-state index contributed by atoms with van der Waals surface area (Å²) in [6, 6.07) is 16.0. The Hall–Kier alpha value is -2.08. The lowest BCUT2D eigenvalue weighted by Crippen LogP contribution is -2.39. The van der Waals surface area contributed by atoms with Gasteiger partial charge in [0, 0.05) is 31.7 Å². The number of amides is 1. The van der Waals surface area contributed by atoms with E-state index in [1.54, 1.807) is 6.07 Å².